The van der Waals surface area contributed by atoms with Crippen LogP contribution in [0.4, 0.5) is 0 Å². The summed E-state index contributed by atoms with van der Waals surface area (Å²) < 4.78 is 3.35. The van der Waals surface area contributed by atoms with E-state index in [0.717, 1.165) is 24.1 Å². The van der Waals surface area contributed by atoms with Crippen molar-refractivity contribution in [3.8, 4) is 0 Å². The Labute approximate surface area is 98.6 Å². The Morgan fingerprint density at radius 1 is 1.40 bits per heavy atom. The van der Waals surface area contributed by atoms with Crippen molar-refractivity contribution in [2.24, 2.45) is 0 Å². The molecule has 82 valence electrons. The van der Waals surface area contributed by atoms with Crippen molar-refractivity contribution in [3.05, 3.63) is 15.9 Å². The third-order valence-corrected chi connectivity index (χ3v) is 4.29. The summed E-state index contributed by atoms with van der Waals surface area (Å²) in [7, 11) is 2.18. The molecular weight excluding hydrogens is 254 g/mol. The van der Waals surface area contributed by atoms with Crippen LogP contribution in [-0.2, 0) is 13.0 Å². The summed E-state index contributed by atoms with van der Waals surface area (Å²) >= 11 is 3.59. The van der Waals surface area contributed by atoms with Gasteiger partial charge in [0.25, 0.3) is 0 Å². The molecule has 2 aliphatic rings. The lowest BCUT2D eigenvalue weighted by molar-refractivity contribution is 0.264. The molecule has 3 rings (SSSR count). The number of halogens is 1. The number of likely N-dealkylation sites (N-methyl/N-ethyl adjacent to an activating group) is 1. The van der Waals surface area contributed by atoms with E-state index in [2.05, 4.69) is 37.7 Å². The summed E-state index contributed by atoms with van der Waals surface area (Å²) in [5.74, 6) is 0. The molecule has 0 bridgehead atoms. The molecule has 2 heterocycles. The maximum absolute atomic E-state index is 4.66. The number of nitrogens with zero attached hydrogens (tertiary/aromatic N) is 3. The van der Waals surface area contributed by atoms with Gasteiger partial charge in [0.15, 0.2) is 0 Å². The summed E-state index contributed by atoms with van der Waals surface area (Å²) in [5, 5.41) is 4.66. The van der Waals surface area contributed by atoms with Crippen LogP contribution in [0.2, 0.25) is 0 Å². The van der Waals surface area contributed by atoms with Crippen molar-refractivity contribution in [2.45, 2.75) is 38.3 Å². The third kappa shape index (κ3) is 1.54. The lowest BCUT2D eigenvalue weighted by atomic mass is 9.92. The molecule has 0 saturated heterocycles. The minimum absolute atomic E-state index is 0.688. The highest BCUT2D eigenvalue weighted by molar-refractivity contribution is 9.10. The highest BCUT2D eigenvalue weighted by Crippen LogP contribution is 2.36. The summed E-state index contributed by atoms with van der Waals surface area (Å²) in [4.78, 5) is 2.36. The molecule has 1 aliphatic heterocycles. The van der Waals surface area contributed by atoms with Crippen LogP contribution in [-0.4, -0.2) is 28.3 Å². The van der Waals surface area contributed by atoms with Gasteiger partial charge in [0.05, 0.1) is 6.04 Å². The molecule has 0 amide bonds. The summed E-state index contributed by atoms with van der Waals surface area (Å²) in [6.45, 7) is 2.21. The average molecular weight is 270 g/mol. The Hall–Kier alpha value is -0.350. The first-order valence-electron chi connectivity index (χ1n) is 5.70. The SMILES string of the molecule is CN1CCc2c(c(Br)nn2C2CCC2)C1. The van der Waals surface area contributed by atoms with Crippen molar-refractivity contribution in [1.82, 2.24) is 14.7 Å². The van der Waals surface area contributed by atoms with Crippen LogP contribution < -0.4 is 0 Å². The predicted molar refractivity (Wildman–Crippen MR) is 62.9 cm³/mol. The topological polar surface area (TPSA) is 21.1 Å². The van der Waals surface area contributed by atoms with E-state index in [1.807, 2.05) is 0 Å². The zero-order valence-electron chi connectivity index (χ0n) is 9.04. The van der Waals surface area contributed by atoms with Gasteiger partial charge in [-0.1, -0.05) is 0 Å². The van der Waals surface area contributed by atoms with Gasteiger partial charge in [-0.25, -0.2) is 0 Å². The van der Waals surface area contributed by atoms with E-state index >= 15 is 0 Å². The molecule has 0 aromatic carbocycles. The molecule has 15 heavy (non-hydrogen) atoms. The maximum atomic E-state index is 4.66. The lowest BCUT2D eigenvalue weighted by Crippen LogP contribution is -2.29. The standard InChI is InChI=1S/C11H16BrN3/c1-14-6-5-10-9(7-14)11(12)13-15(10)8-3-2-4-8/h8H,2-7H2,1H3. The fourth-order valence-electron chi connectivity index (χ4n) is 2.47. The van der Waals surface area contributed by atoms with Crippen molar-refractivity contribution >= 4 is 15.9 Å². The lowest BCUT2D eigenvalue weighted by Gasteiger charge is -2.30. The fourth-order valence-corrected chi connectivity index (χ4v) is 3.00. The highest BCUT2D eigenvalue weighted by atomic mass is 79.9. The normalized spacial score (nSPS) is 22.5. The Balaban J connectivity index is 1.99. The van der Waals surface area contributed by atoms with Gasteiger partial charge in [0.2, 0.25) is 0 Å². The molecule has 4 heteroatoms. The van der Waals surface area contributed by atoms with Crippen LogP contribution in [0.25, 0.3) is 0 Å². The second-order valence-corrected chi connectivity index (χ2v) is 5.48. The summed E-state index contributed by atoms with van der Waals surface area (Å²) in [5.41, 5.74) is 2.89. The van der Waals surface area contributed by atoms with Crippen LogP contribution >= 0.6 is 15.9 Å². The first-order valence-corrected chi connectivity index (χ1v) is 6.49. The van der Waals surface area contributed by atoms with Crippen LogP contribution in [0.15, 0.2) is 4.60 Å². The van der Waals surface area contributed by atoms with Crippen molar-refractivity contribution in [1.29, 1.82) is 0 Å². The molecule has 1 fully saturated rings. The predicted octanol–water partition coefficient (Wildman–Crippen LogP) is 2.36. The molecule has 1 aromatic rings. The molecule has 0 atom stereocenters. The largest absolute Gasteiger partial charge is 0.302 e. The number of hydrogen-bond acceptors (Lipinski definition) is 2. The van der Waals surface area contributed by atoms with E-state index < -0.39 is 0 Å². The molecule has 3 nitrogen and oxygen atoms in total. The van der Waals surface area contributed by atoms with Gasteiger partial charge in [-0.15, -0.1) is 0 Å². The van der Waals surface area contributed by atoms with Crippen molar-refractivity contribution < 1.29 is 0 Å². The smallest absolute Gasteiger partial charge is 0.132 e. The molecule has 0 radical (unpaired) electrons. The summed E-state index contributed by atoms with van der Waals surface area (Å²) in [6, 6.07) is 0.688. The molecule has 0 spiro atoms. The minimum atomic E-state index is 0.688. The molecule has 1 saturated carbocycles. The maximum Gasteiger partial charge on any atom is 0.132 e. The molecule has 1 aliphatic carbocycles. The number of fused-ring (bicyclic) bond motifs is 1. The molecule has 0 N–H and O–H groups in total. The van der Waals surface area contributed by atoms with Crippen LogP contribution in [0, 0.1) is 0 Å². The zero-order chi connectivity index (χ0) is 10.4. The van der Waals surface area contributed by atoms with E-state index in [1.54, 1.807) is 0 Å². The Morgan fingerprint density at radius 3 is 2.87 bits per heavy atom. The van der Waals surface area contributed by atoms with Crippen molar-refractivity contribution in [2.75, 3.05) is 13.6 Å². The monoisotopic (exact) mass is 269 g/mol. The third-order valence-electron chi connectivity index (χ3n) is 3.65. The first kappa shape index (κ1) is 9.85. The van der Waals surface area contributed by atoms with Gasteiger partial charge in [0, 0.05) is 30.8 Å². The molecule has 1 aromatic heterocycles. The van der Waals surface area contributed by atoms with Gasteiger partial charge in [0.1, 0.15) is 4.60 Å². The van der Waals surface area contributed by atoms with E-state index in [4.69, 9.17) is 0 Å². The first-order chi connectivity index (χ1) is 7.25. The molecule has 0 unspecified atom stereocenters. The van der Waals surface area contributed by atoms with Crippen molar-refractivity contribution in [3.63, 3.8) is 0 Å². The quantitative estimate of drug-likeness (QED) is 0.781. The Morgan fingerprint density at radius 2 is 2.20 bits per heavy atom. The van der Waals surface area contributed by atoms with Gasteiger partial charge < -0.3 is 4.90 Å². The van der Waals surface area contributed by atoms with E-state index in [1.165, 1.54) is 30.5 Å². The number of rotatable bonds is 1. The van der Waals surface area contributed by atoms with Gasteiger partial charge >= 0.3 is 0 Å². The van der Waals surface area contributed by atoms with E-state index in [9.17, 15) is 0 Å². The second-order valence-electron chi connectivity index (χ2n) is 4.73. The van der Waals surface area contributed by atoms with Gasteiger partial charge in [-0.2, -0.15) is 5.10 Å². The highest BCUT2D eigenvalue weighted by Gasteiger charge is 2.28. The zero-order valence-corrected chi connectivity index (χ0v) is 10.6. The second kappa shape index (κ2) is 3.59. The summed E-state index contributed by atoms with van der Waals surface area (Å²) in [6.07, 6.45) is 5.16. The number of aromatic nitrogens is 2. The fraction of sp³-hybridized carbons (Fsp3) is 0.727. The van der Waals surface area contributed by atoms with Gasteiger partial charge in [-0.3, -0.25) is 4.68 Å². The van der Waals surface area contributed by atoms with Gasteiger partial charge in [-0.05, 0) is 42.2 Å². The number of hydrogen-bond donors (Lipinski definition) is 0. The minimum Gasteiger partial charge on any atom is -0.302 e. The molecular formula is C11H16BrN3. The average Bonchev–Trinajstić information content (AvgIpc) is 2.41. The van der Waals surface area contributed by atoms with Crippen LogP contribution in [0.1, 0.15) is 36.6 Å². The Kier molecular flexibility index (Phi) is 2.36. The van der Waals surface area contributed by atoms with E-state index in [-0.39, 0.29) is 0 Å². The van der Waals surface area contributed by atoms with Crippen LogP contribution in [0.5, 0.6) is 0 Å². The van der Waals surface area contributed by atoms with E-state index in [0.29, 0.717) is 6.04 Å². The van der Waals surface area contributed by atoms with Crippen LogP contribution in [0.3, 0.4) is 0 Å². The Bertz CT molecular complexity index is 381.